The van der Waals surface area contributed by atoms with Crippen molar-refractivity contribution in [1.82, 2.24) is 10.3 Å². The largest absolute Gasteiger partial charge is 0.465 e. The molecule has 1 aliphatic rings. The van der Waals surface area contributed by atoms with E-state index in [0.29, 0.717) is 17.3 Å². The van der Waals surface area contributed by atoms with Crippen LogP contribution >= 0.6 is 0 Å². The van der Waals surface area contributed by atoms with Crippen molar-refractivity contribution in [3.8, 4) is 0 Å². The average molecular weight is 249 g/mol. The molecule has 0 bridgehead atoms. The van der Waals surface area contributed by atoms with Crippen molar-refractivity contribution in [3.63, 3.8) is 0 Å². The zero-order valence-corrected chi connectivity index (χ0v) is 10.6. The number of rotatable bonds is 4. The topological polar surface area (TPSA) is 63.2 Å². The Bertz CT molecular complexity index is 403. The number of esters is 1. The number of ether oxygens (including phenoxy) is 1. The molecule has 2 heterocycles. The van der Waals surface area contributed by atoms with Gasteiger partial charge in [-0.3, -0.25) is 0 Å². The zero-order chi connectivity index (χ0) is 12.8. The molecule has 1 aliphatic heterocycles. The molecule has 0 spiro atoms. The van der Waals surface area contributed by atoms with Gasteiger partial charge in [0.25, 0.3) is 0 Å². The maximum Gasteiger partial charge on any atom is 0.341 e. The number of aromatic nitrogens is 1. The second-order valence-electron chi connectivity index (χ2n) is 4.48. The van der Waals surface area contributed by atoms with Crippen molar-refractivity contribution in [2.45, 2.75) is 12.8 Å². The number of methoxy groups -OCH3 is 1. The number of anilines is 1. The number of pyridine rings is 1. The predicted molar refractivity (Wildman–Crippen MR) is 69.7 cm³/mol. The molecule has 2 rings (SSSR count). The second-order valence-corrected chi connectivity index (χ2v) is 4.48. The molecule has 5 heteroatoms. The Morgan fingerprint density at radius 3 is 3.28 bits per heavy atom. The van der Waals surface area contributed by atoms with E-state index >= 15 is 0 Å². The Kier molecular flexibility index (Phi) is 4.52. The second kappa shape index (κ2) is 6.35. The zero-order valence-electron chi connectivity index (χ0n) is 10.6. The Balaban J connectivity index is 1.97. The lowest BCUT2D eigenvalue weighted by molar-refractivity contribution is 0.0601. The van der Waals surface area contributed by atoms with E-state index in [9.17, 15) is 4.79 Å². The van der Waals surface area contributed by atoms with Crippen LogP contribution < -0.4 is 10.6 Å². The Hall–Kier alpha value is -1.62. The van der Waals surface area contributed by atoms with Gasteiger partial charge in [-0.15, -0.1) is 0 Å². The summed E-state index contributed by atoms with van der Waals surface area (Å²) >= 11 is 0. The molecule has 0 aromatic carbocycles. The van der Waals surface area contributed by atoms with Gasteiger partial charge in [0.1, 0.15) is 11.4 Å². The molecule has 0 unspecified atom stereocenters. The van der Waals surface area contributed by atoms with Crippen molar-refractivity contribution in [1.29, 1.82) is 0 Å². The number of nitrogens with one attached hydrogen (secondary N) is 2. The molecule has 1 aromatic rings. The van der Waals surface area contributed by atoms with Gasteiger partial charge in [-0.2, -0.15) is 0 Å². The Morgan fingerprint density at radius 1 is 1.67 bits per heavy atom. The van der Waals surface area contributed by atoms with Crippen LogP contribution in [0.4, 0.5) is 5.82 Å². The summed E-state index contributed by atoms with van der Waals surface area (Å²) in [6, 6.07) is 3.46. The SMILES string of the molecule is COC(=O)c1cccnc1NC[C@@H]1CCCNC1. The van der Waals surface area contributed by atoms with E-state index in [1.807, 2.05) is 0 Å². The third-order valence-corrected chi connectivity index (χ3v) is 3.17. The van der Waals surface area contributed by atoms with Crippen molar-refractivity contribution >= 4 is 11.8 Å². The molecule has 0 saturated carbocycles. The van der Waals surface area contributed by atoms with E-state index in [1.54, 1.807) is 18.3 Å². The monoisotopic (exact) mass is 249 g/mol. The van der Waals surface area contributed by atoms with Gasteiger partial charge >= 0.3 is 5.97 Å². The number of nitrogens with zero attached hydrogens (tertiary/aromatic N) is 1. The summed E-state index contributed by atoms with van der Waals surface area (Å²) < 4.78 is 4.74. The first-order valence-electron chi connectivity index (χ1n) is 6.29. The van der Waals surface area contributed by atoms with Gasteiger partial charge in [0.05, 0.1) is 7.11 Å². The highest BCUT2D eigenvalue weighted by atomic mass is 16.5. The fourth-order valence-electron chi connectivity index (χ4n) is 2.16. The molecule has 0 radical (unpaired) electrons. The van der Waals surface area contributed by atoms with Crippen LogP contribution in [0.3, 0.4) is 0 Å². The van der Waals surface area contributed by atoms with Crippen LogP contribution in [-0.4, -0.2) is 37.7 Å². The maximum absolute atomic E-state index is 11.6. The lowest BCUT2D eigenvalue weighted by atomic mass is 10.00. The number of hydrogen-bond acceptors (Lipinski definition) is 5. The lowest BCUT2D eigenvalue weighted by Gasteiger charge is -2.23. The highest BCUT2D eigenvalue weighted by Gasteiger charge is 2.16. The van der Waals surface area contributed by atoms with E-state index in [2.05, 4.69) is 15.6 Å². The molecule has 2 N–H and O–H groups in total. The molecule has 98 valence electrons. The quantitative estimate of drug-likeness (QED) is 0.787. The maximum atomic E-state index is 11.6. The minimum atomic E-state index is -0.354. The molecule has 18 heavy (non-hydrogen) atoms. The van der Waals surface area contributed by atoms with Crippen LogP contribution in [0.5, 0.6) is 0 Å². The summed E-state index contributed by atoms with van der Waals surface area (Å²) in [4.78, 5) is 15.8. The summed E-state index contributed by atoms with van der Waals surface area (Å²) in [5.41, 5.74) is 0.490. The van der Waals surface area contributed by atoms with Crippen LogP contribution in [0.25, 0.3) is 0 Å². The van der Waals surface area contributed by atoms with Gasteiger partial charge < -0.3 is 15.4 Å². The predicted octanol–water partition coefficient (Wildman–Crippen LogP) is 1.28. The third kappa shape index (κ3) is 3.20. The first-order valence-corrected chi connectivity index (χ1v) is 6.29. The number of carbonyl (C=O) groups excluding carboxylic acids is 1. The first kappa shape index (κ1) is 12.8. The lowest BCUT2D eigenvalue weighted by Crippen LogP contribution is -2.33. The van der Waals surface area contributed by atoms with Gasteiger partial charge in [-0.05, 0) is 44.0 Å². The molecule has 5 nitrogen and oxygen atoms in total. The Morgan fingerprint density at radius 2 is 2.56 bits per heavy atom. The molecule has 1 atom stereocenters. The number of carbonyl (C=O) groups is 1. The number of hydrogen-bond donors (Lipinski definition) is 2. The normalized spacial score (nSPS) is 19.3. The van der Waals surface area contributed by atoms with Gasteiger partial charge in [0.2, 0.25) is 0 Å². The van der Waals surface area contributed by atoms with Crippen LogP contribution in [-0.2, 0) is 4.74 Å². The van der Waals surface area contributed by atoms with Crippen LogP contribution in [0.1, 0.15) is 23.2 Å². The minimum absolute atomic E-state index is 0.354. The van der Waals surface area contributed by atoms with Gasteiger partial charge in [-0.25, -0.2) is 9.78 Å². The van der Waals surface area contributed by atoms with E-state index in [1.165, 1.54) is 20.0 Å². The van der Waals surface area contributed by atoms with Gasteiger partial charge in [0.15, 0.2) is 0 Å². The van der Waals surface area contributed by atoms with Crippen LogP contribution in [0, 0.1) is 5.92 Å². The minimum Gasteiger partial charge on any atom is -0.465 e. The summed E-state index contributed by atoms with van der Waals surface area (Å²) in [6.45, 7) is 2.95. The fourth-order valence-corrected chi connectivity index (χ4v) is 2.16. The van der Waals surface area contributed by atoms with E-state index in [0.717, 1.165) is 19.6 Å². The summed E-state index contributed by atoms with van der Waals surface area (Å²) in [7, 11) is 1.38. The van der Waals surface area contributed by atoms with Crippen molar-refractivity contribution in [3.05, 3.63) is 23.9 Å². The molecular formula is C13H19N3O2. The van der Waals surface area contributed by atoms with Crippen LogP contribution in [0.2, 0.25) is 0 Å². The summed E-state index contributed by atoms with van der Waals surface area (Å²) in [6.07, 6.45) is 4.09. The van der Waals surface area contributed by atoms with E-state index in [4.69, 9.17) is 4.74 Å². The first-order chi connectivity index (χ1) is 8.81. The molecule has 1 fully saturated rings. The van der Waals surface area contributed by atoms with E-state index in [-0.39, 0.29) is 5.97 Å². The third-order valence-electron chi connectivity index (χ3n) is 3.17. The molecule has 0 aliphatic carbocycles. The molecular weight excluding hydrogens is 230 g/mol. The molecule has 0 amide bonds. The standard InChI is InChI=1S/C13H19N3O2/c1-18-13(17)11-5-3-7-15-12(11)16-9-10-4-2-6-14-8-10/h3,5,7,10,14H,2,4,6,8-9H2,1H3,(H,15,16)/t10-/m1/s1. The van der Waals surface area contributed by atoms with E-state index < -0.39 is 0 Å². The summed E-state index contributed by atoms with van der Waals surface area (Å²) in [5, 5.41) is 6.61. The number of piperidine rings is 1. The average Bonchev–Trinajstić information content (AvgIpc) is 2.45. The van der Waals surface area contributed by atoms with Gasteiger partial charge in [-0.1, -0.05) is 0 Å². The Labute approximate surface area is 107 Å². The van der Waals surface area contributed by atoms with Crippen molar-refractivity contribution < 1.29 is 9.53 Å². The van der Waals surface area contributed by atoms with Crippen LogP contribution in [0.15, 0.2) is 18.3 Å². The smallest absolute Gasteiger partial charge is 0.341 e. The fraction of sp³-hybridized carbons (Fsp3) is 0.538. The summed E-state index contributed by atoms with van der Waals surface area (Å²) in [5.74, 6) is 0.841. The van der Waals surface area contributed by atoms with Crippen molar-refractivity contribution in [2.75, 3.05) is 32.1 Å². The van der Waals surface area contributed by atoms with Crippen molar-refractivity contribution in [2.24, 2.45) is 5.92 Å². The van der Waals surface area contributed by atoms with Gasteiger partial charge in [0, 0.05) is 12.7 Å². The molecule has 1 saturated heterocycles. The highest BCUT2D eigenvalue weighted by Crippen LogP contribution is 2.15. The highest BCUT2D eigenvalue weighted by molar-refractivity contribution is 5.94. The molecule has 1 aromatic heterocycles.